The number of carbonyl (C=O) groups excluding carboxylic acids is 1. The topological polar surface area (TPSA) is 64.1 Å². The first-order valence-corrected chi connectivity index (χ1v) is 10.2. The van der Waals surface area contributed by atoms with E-state index in [4.69, 9.17) is 16.3 Å². The van der Waals surface area contributed by atoms with E-state index in [1.54, 1.807) is 19.1 Å². The second-order valence-electron chi connectivity index (χ2n) is 6.86. The Kier molecular flexibility index (Phi) is 6.31. The summed E-state index contributed by atoms with van der Waals surface area (Å²) in [5.74, 6) is 0.766. The molecule has 0 unspecified atom stereocenters. The first kappa shape index (κ1) is 20.3. The molecule has 1 aromatic heterocycles. The monoisotopic (exact) mass is 415 g/mol. The van der Waals surface area contributed by atoms with Gasteiger partial charge in [-0.2, -0.15) is 0 Å². The number of anilines is 1. The Labute approximate surface area is 173 Å². The Bertz CT molecular complexity index is 970. The van der Waals surface area contributed by atoms with Gasteiger partial charge < -0.3 is 4.74 Å². The SMILES string of the molecule is Cc1ccc(C(C)C)c(O[C@H](C)C(=O)Nc2nnc(-c3ccc(Cl)cc3)s2)c1. The minimum Gasteiger partial charge on any atom is -0.481 e. The van der Waals surface area contributed by atoms with E-state index in [9.17, 15) is 4.79 Å². The van der Waals surface area contributed by atoms with Crippen LogP contribution >= 0.6 is 22.9 Å². The molecule has 3 aromatic rings. The van der Waals surface area contributed by atoms with Crippen molar-refractivity contribution >= 4 is 34.0 Å². The first-order valence-electron chi connectivity index (χ1n) is 9.01. The molecule has 0 fully saturated rings. The summed E-state index contributed by atoms with van der Waals surface area (Å²) in [5.41, 5.74) is 3.06. The van der Waals surface area contributed by atoms with Crippen LogP contribution in [0.3, 0.4) is 0 Å². The standard InChI is InChI=1S/C21H22ClN3O2S/c1-12(2)17-10-5-13(3)11-18(17)27-14(4)19(26)23-21-25-24-20(28-21)15-6-8-16(22)9-7-15/h5-12,14H,1-4H3,(H,23,25,26)/t14-/m1/s1. The van der Waals surface area contributed by atoms with E-state index in [0.717, 1.165) is 22.4 Å². The van der Waals surface area contributed by atoms with Crippen LogP contribution in [0.2, 0.25) is 5.02 Å². The Hall–Kier alpha value is -2.44. The third-order valence-electron chi connectivity index (χ3n) is 4.21. The Morgan fingerprint density at radius 2 is 1.82 bits per heavy atom. The second kappa shape index (κ2) is 8.71. The maximum atomic E-state index is 12.6. The third kappa shape index (κ3) is 4.88. The summed E-state index contributed by atoms with van der Waals surface area (Å²) < 4.78 is 5.96. The summed E-state index contributed by atoms with van der Waals surface area (Å²) in [4.78, 5) is 12.6. The number of carbonyl (C=O) groups is 1. The predicted molar refractivity (Wildman–Crippen MR) is 114 cm³/mol. The molecule has 1 amide bonds. The number of hydrogen-bond donors (Lipinski definition) is 1. The average Bonchev–Trinajstić information content (AvgIpc) is 3.10. The number of nitrogens with zero attached hydrogens (tertiary/aromatic N) is 2. The highest BCUT2D eigenvalue weighted by Crippen LogP contribution is 2.29. The van der Waals surface area contributed by atoms with Gasteiger partial charge in [0.1, 0.15) is 10.8 Å². The number of rotatable bonds is 6. The summed E-state index contributed by atoms with van der Waals surface area (Å²) in [7, 11) is 0. The number of aromatic nitrogens is 2. The summed E-state index contributed by atoms with van der Waals surface area (Å²) >= 11 is 7.21. The lowest BCUT2D eigenvalue weighted by Crippen LogP contribution is -2.30. The van der Waals surface area contributed by atoms with E-state index in [1.807, 2.05) is 37.3 Å². The fourth-order valence-corrected chi connectivity index (χ4v) is 3.53. The highest BCUT2D eigenvalue weighted by molar-refractivity contribution is 7.18. The molecule has 5 nitrogen and oxygen atoms in total. The van der Waals surface area contributed by atoms with E-state index in [-0.39, 0.29) is 5.91 Å². The van der Waals surface area contributed by atoms with Crippen molar-refractivity contribution in [3.63, 3.8) is 0 Å². The van der Waals surface area contributed by atoms with Crippen molar-refractivity contribution < 1.29 is 9.53 Å². The van der Waals surface area contributed by atoms with Gasteiger partial charge in [-0.3, -0.25) is 10.1 Å². The smallest absolute Gasteiger partial charge is 0.266 e. The molecule has 146 valence electrons. The van der Waals surface area contributed by atoms with E-state index in [1.165, 1.54) is 11.3 Å². The van der Waals surface area contributed by atoms with E-state index in [2.05, 4.69) is 29.4 Å². The summed E-state index contributed by atoms with van der Waals surface area (Å²) in [6.07, 6.45) is -0.665. The largest absolute Gasteiger partial charge is 0.481 e. The summed E-state index contributed by atoms with van der Waals surface area (Å²) in [6, 6.07) is 13.4. The van der Waals surface area contributed by atoms with Crippen molar-refractivity contribution in [1.29, 1.82) is 0 Å². The second-order valence-corrected chi connectivity index (χ2v) is 8.28. The number of ether oxygens (including phenoxy) is 1. The molecule has 1 atom stereocenters. The maximum Gasteiger partial charge on any atom is 0.266 e. The number of halogens is 1. The van der Waals surface area contributed by atoms with Gasteiger partial charge in [-0.1, -0.05) is 61.1 Å². The molecule has 0 aliphatic carbocycles. The van der Waals surface area contributed by atoms with Crippen molar-refractivity contribution in [1.82, 2.24) is 10.2 Å². The first-order chi connectivity index (χ1) is 13.3. The van der Waals surface area contributed by atoms with Crippen LogP contribution in [-0.2, 0) is 4.79 Å². The zero-order valence-corrected chi connectivity index (χ0v) is 17.8. The lowest BCUT2D eigenvalue weighted by Gasteiger charge is -2.18. The molecule has 0 radical (unpaired) electrons. The lowest BCUT2D eigenvalue weighted by molar-refractivity contribution is -0.122. The quantitative estimate of drug-likeness (QED) is 0.561. The molecule has 1 heterocycles. The normalized spacial score (nSPS) is 12.1. The Morgan fingerprint density at radius 1 is 1.11 bits per heavy atom. The summed E-state index contributed by atoms with van der Waals surface area (Å²) in [5, 5.41) is 12.8. The molecule has 0 aliphatic heterocycles. The van der Waals surface area contributed by atoms with Gasteiger partial charge in [0, 0.05) is 10.6 Å². The molecule has 0 aliphatic rings. The van der Waals surface area contributed by atoms with Gasteiger partial charge in [-0.25, -0.2) is 0 Å². The van der Waals surface area contributed by atoms with Crippen LogP contribution in [0.15, 0.2) is 42.5 Å². The van der Waals surface area contributed by atoms with Crippen LogP contribution in [0, 0.1) is 6.92 Å². The minimum absolute atomic E-state index is 0.269. The van der Waals surface area contributed by atoms with Crippen molar-refractivity contribution in [3.8, 4) is 16.3 Å². The molecule has 0 spiro atoms. The van der Waals surface area contributed by atoms with Gasteiger partial charge in [0.15, 0.2) is 6.10 Å². The predicted octanol–water partition coefficient (Wildman–Crippen LogP) is 5.70. The van der Waals surface area contributed by atoms with Crippen LogP contribution < -0.4 is 10.1 Å². The number of aryl methyl sites for hydroxylation is 1. The molecule has 1 N–H and O–H groups in total. The van der Waals surface area contributed by atoms with E-state index in [0.29, 0.717) is 21.1 Å². The van der Waals surface area contributed by atoms with Crippen LogP contribution in [0.1, 0.15) is 37.8 Å². The fraction of sp³-hybridized carbons (Fsp3) is 0.286. The molecule has 0 bridgehead atoms. The molecule has 28 heavy (non-hydrogen) atoms. The number of nitrogens with one attached hydrogen (secondary N) is 1. The number of amides is 1. The zero-order valence-electron chi connectivity index (χ0n) is 16.2. The molecule has 3 rings (SSSR count). The van der Waals surface area contributed by atoms with E-state index >= 15 is 0 Å². The Morgan fingerprint density at radius 3 is 2.50 bits per heavy atom. The molecule has 7 heteroatoms. The highest BCUT2D eigenvalue weighted by Gasteiger charge is 2.19. The van der Waals surface area contributed by atoms with E-state index < -0.39 is 6.10 Å². The molecule has 0 saturated heterocycles. The fourth-order valence-electron chi connectivity index (χ4n) is 2.65. The zero-order chi connectivity index (χ0) is 20.3. The van der Waals surface area contributed by atoms with Crippen molar-refractivity contribution in [2.75, 3.05) is 5.32 Å². The van der Waals surface area contributed by atoms with Crippen LogP contribution in [0.25, 0.3) is 10.6 Å². The highest BCUT2D eigenvalue weighted by atomic mass is 35.5. The van der Waals surface area contributed by atoms with Gasteiger partial charge in [0.2, 0.25) is 5.13 Å². The Balaban J connectivity index is 1.68. The third-order valence-corrected chi connectivity index (χ3v) is 5.35. The molecule has 0 saturated carbocycles. The van der Waals surface area contributed by atoms with Crippen molar-refractivity contribution in [2.45, 2.75) is 39.7 Å². The van der Waals surface area contributed by atoms with Crippen LogP contribution in [0.4, 0.5) is 5.13 Å². The molecule has 2 aromatic carbocycles. The summed E-state index contributed by atoms with van der Waals surface area (Å²) in [6.45, 7) is 7.92. The van der Waals surface area contributed by atoms with Gasteiger partial charge in [0.05, 0.1) is 0 Å². The molecular formula is C21H22ClN3O2S. The van der Waals surface area contributed by atoms with Gasteiger partial charge in [-0.05, 0) is 49.1 Å². The van der Waals surface area contributed by atoms with Crippen molar-refractivity contribution in [3.05, 3.63) is 58.6 Å². The van der Waals surface area contributed by atoms with Gasteiger partial charge in [0.25, 0.3) is 5.91 Å². The molecular weight excluding hydrogens is 394 g/mol. The van der Waals surface area contributed by atoms with Crippen LogP contribution in [0.5, 0.6) is 5.75 Å². The van der Waals surface area contributed by atoms with Gasteiger partial charge >= 0.3 is 0 Å². The minimum atomic E-state index is -0.665. The van der Waals surface area contributed by atoms with Gasteiger partial charge in [-0.15, -0.1) is 10.2 Å². The number of hydrogen-bond acceptors (Lipinski definition) is 5. The lowest BCUT2D eigenvalue weighted by atomic mass is 10.0. The number of benzene rings is 2. The van der Waals surface area contributed by atoms with Crippen molar-refractivity contribution in [2.24, 2.45) is 0 Å². The average molecular weight is 416 g/mol. The van der Waals surface area contributed by atoms with Crippen LogP contribution in [-0.4, -0.2) is 22.2 Å². The maximum absolute atomic E-state index is 12.6.